The summed E-state index contributed by atoms with van der Waals surface area (Å²) in [6.07, 6.45) is 2.72. The van der Waals surface area contributed by atoms with E-state index in [9.17, 15) is 19.7 Å². The number of nitro benzene ring substituents is 1. The Bertz CT molecular complexity index is 1260. The van der Waals surface area contributed by atoms with Gasteiger partial charge < -0.3 is 15.4 Å². The molecule has 8 nitrogen and oxygen atoms in total. The van der Waals surface area contributed by atoms with Gasteiger partial charge in [0, 0.05) is 29.4 Å². The van der Waals surface area contributed by atoms with Crippen LogP contribution in [0.15, 0.2) is 66.7 Å². The second kappa shape index (κ2) is 11.0. The zero-order valence-corrected chi connectivity index (χ0v) is 19.6. The van der Waals surface area contributed by atoms with Gasteiger partial charge in [0.1, 0.15) is 0 Å². The number of aryl methyl sites for hydroxylation is 1. The van der Waals surface area contributed by atoms with Crippen LogP contribution in [0.1, 0.15) is 45.9 Å². The molecule has 180 valence electrons. The van der Waals surface area contributed by atoms with Crippen molar-refractivity contribution in [1.82, 2.24) is 5.32 Å². The Labute approximate surface area is 207 Å². The van der Waals surface area contributed by atoms with Crippen molar-refractivity contribution in [2.75, 3.05) is 11.9 Å². The second-order valence-corrected chi connectivity index (χ2v) is 8.63. The zero-order chi connectivity index (χ0) is 24.8. The van der Waals surface area contributed by atoms with Crippen molar-refractivity contribution in [1.29, 1.82) is 0 Å². The summed E-state index contributed by atoms with van der Waals surface area (Å²) in [5.74, 6) is -1.27. The number of halogens is 1. The normalized spacial score (nSPS) is 14.5. The third-order valence-corrected chi connectivity index (χ3v) is 6.27. The minimum absolute atomic E-state index is 0.0398. The van der Waals surface area contributed by atoms with Crippen LogP contribution in [0.25, 0.3) is 0 Å². The molecule has 0 aromatic heterocycles. The predicted molar refractivity (Wildman–Crippen MR) is 132 cm³/mol. The number of rotatable bonds is 8. The van der Waals surface area contributed by atoms with Crippen LogP contribution in [0.2, 0.25) is 5.02 Å². The molecule has 3 aromatic rings. The first-order valence-electron chi connectivity index (χ1n) is 11.2. The molecule has 0 fully saturated rings. The molecule has 4 rings (SSSR count). The summed E-state index contributed by atoms with van der Waals surface area (Å²) in [5, 5.41) is 17.8. The van der Waals surface area contributed by atoms with Gasteiger partial charge in [0.25, 0.3) is 11.6 Å². The lowest BCUT2D eigenvalue weighted by Gasteiger charge is -2.26. The van der Waals surface area contributed by atoms with Crippen molar-refractivity contribution in [2.45, 2.75) is 31.8 Å². The van der Waals surface area contributed by atoms with Crippen molar-refractivity contribution >= 4 is 34.9 Å². The molecule has 35 heavy (non-hydrogen) atoms. The van der Waals surface area contributed by atoms with Gasteiger partial charge in [-0.2, -0.15) is 0 Å². The lowest BCUT2D eigenvalue weighted by atomic mass is 9.88. The molecule has 0 heterocycles. The van der Waals surface area contributed by atoms with Crippen LogP contribution in [-0.4, -0.2) is 23.4 Å². The van der Waals surface area contributed by atoms with Crippen molar-refractivity contribution in [3.63, 3.8) is 0 Å². The molecule has 1 atom stereocenters. The molecule has 0 bridgehead atoms. The van der Waals surface area contributed by atoms with Gasteiger partial charge in [-0.15, -0.1) is 0 Å². The van der Waals surface area contributed by atoms with Crippen molar-refractivity contribution in [2.24, 2.45) is 0 Å². The highest BCUT2D eigenvalue weighted by Gasteiger charge is 2.23. The van der Waals surface area contributed by atoms with Gasteiger partial charge in [-0.3, -0.25) is 14.9 Å². The van der Waals surface area contributed by atoms with Gasteiger partial charge >= 0.3 is 5.97 Å². The fourth-order valence-corrected chi connectivity index (χ4v) is 4.35. The third-order valence-electron chi connectivity index (χ3n) is 5.90. The average Bonchev–Trinajstić information content (AvgIpc) is 2.87. The molecule has 9 heteroatoms. The van der Waals surface area contributed by atoms with Gasteiger partial charge in [0.2, 0.25) is 0 Å². The summed E-state index contributed by atoms with van der Waals surface area (Å²) in [4.78, 5) is 36.0. The molecule has 0 aliphatic heterocycles. The lowest BCUT2D eigenvalue weighted by molar-refractivity contribution is -0.384. The van der Waals surface area contributed by atoms with Gasteiger partial charge in [-0.05, 0) is 48.1 Å². The molecule has 1 amide bonds. The molecule has 1 aliphatic rings. The fraction of sp³-hybridized carbons (Fsp3) is 0.231. The minimum Gasteiger partial charge on any atom is -0.452 e. The van der Waals surface area contributed by atoms with Crippen LogP contribution in [0.4, 0.5) is 11.4 Å². The molecule has 0 saturated heterocycles. The first kappa shape index (κ1) is 24.2. The molecular formula is C26H24ClN3O5. The highest BCUT2D eigenvalue weighted by molar-refractivity contribution is 6.31. The quantitative estimate of drug-likeness (QED) is 0.253. The number of carbonyl (C=O) groups excluding carboxylic acids is 2. The number of non-ortho nitro benzene ring substituents is 1. The SMILES string of the molecule is O=C(COC(=O)c1cc([N+](=O)[O-])ccc1NCc1ccccc1Cl)N[C@H]1CCCc2ccccc21. The Hall–Kier alpha value is -3.91. The van der Waals surface area contributed by atoms with E-state index in [1.807, 2.05) is 36.4 Å². The number of anilines is 1. The fourth-order valence-electron chi connectivity index (χ4n) is 4.15. The first-order chi connectivity index (χ1) is 16.9. The number of fused-ring (bicyclic) bond motifs is 1. The van der Waals surface area contributed by atoms with Crippen molar-refractivity contribution < 1.29 is 19.2 Å². The maximum Gasteiger partial charge on any atom is 0.341 e. The summed E-state index contributed by atoms with van der Waals surface area (Å²) in [7, 11) is 0. The van der Waals surface area contributed by atoms with Gasteiger partial charge in [-0.1, -0.05) is 54.1 Å². The number of carbonyl (C=O) groups is 2. The van der Waals surface area contributed by atoms with E-state index in [2.05, 4.69) is 10.6 Å². The number of esters is 1. The van der Waals surface area contributed by atoms with E-state index in [0.29, 0.717) is 17.3 Å². The zero-order valence-electron chi connectivity index (χ0n) is 18.8. The summed E-state index contributed by atoms with van der Waals surface area (Å²) in [6.45, 7) is -0.205. The van der Waals surface area contributed by atoms with Gasteiger partial charge in [0.15, 0.2) is 6.61 Å². The number of amides is 1. The summed E-state index contributed by atoms with van der Waals surface area (Å²) >= 11 is 6.19. The third kappa shape index (κ3) is 5.96. The lowest BCUT2D eigenvalue weighted by Crippen LogP contribution is -2.34. The van der Waals surface area contributed by atoms with E-state index in [1.165, 1.54) is 17.7 Å². The number of ether oxygens (including phenoxy) is 1. The van der Waals surface area contributed by atoms with Crippen LogP contribution in [0.5, 0.6) is 0 Å². The summed E-state index contributed by atoms with van der Waals surface area (Å²) < 4.78 is 5.23. The molecule has 0 saturated carbocycles. The second-order valence-electron chi connectivity index (χ2n) is 8.22. The number of hydrogen-bond donors (Lipinski definition) is 2. The largest absolute Gasteiger partial charge is 0.452 e. The van der Waals surface area contributed by atoms with E-state index in [1.54, 1.807) is 12.1 Å². The number of nitrogens with one attached hydrogen (secondary N) is 2. The molecule has 0 spiro atoms. The molecule has 0 radical (unpaired) electrons. The molecule has 3 aromatic carbocycles. The van der Waals surface area contributed by atoms with Crippen molar-refractivity contribution in [3.8, 4) is 0 Å². The van der Waals surface area contributed by atoms with E-state index >= 15 is 0 Å². The van der Waals surface area contributed by atoms with Crippen molar-refractivity contribution in [3.05, 3.63) is 104 Å². The molecule has 2 N–H and O–H groups in total. The highest BCUT2D eigenvalue weighted by atomic mass is 35.5. The van der Waals surface area contributed by atoms with E-state index in [4.69, 9.17) is 16.3 Å². The standard InChI is InChI=1S/C26H24ClN3O5/c27-22-10-4-2-7-18(22)15-28-23-13-12-19(30(33)34)14-21(23)26(32)35-16-25(31)29-24-11-5-8-17-6-1-3-9-20(17)24/h1-4,6-7,9-10,12-14,24,28H,5,8,11,15-16H2,(H,29,31)/t24-/m0/s1. The van der Waals surface area contributed by atoms with Gasteiger partial charge in [-0.25, -0.2) is 4.79 Å². The van der Waals surface area contributed by atoms with Crippen LogP contribution >= 0.6 is 11.6 Å². The smallest absolute Gasteiger partial charge is 0.341 e. The monoisotopic (exact) mass is 493 g/mol. The van der Waals surface area contributed by atoms with E-state index in [-0.39, 0.29) is 17.3 Å². The Morgan fingerprint density at radius 2 is 1.86 bits per heavy atom. The molecule has 1 aliphatic carbocycles. The molecule has 0 unspecified atom stereocenters. The van der Waals surface area contributed by atoms with E-state index in [0.717, 1.165) is 36.5 Å². The van der Waals surface area contributed by atoms with Gasteiger partial charge in [0.05, 0.1) is 16.5 Å². The Kier molecular flexibility index (Phi) is 7.62. The van der Waals surface area contributed by atoms with Crippen LogP contribution in [0.3, 0.4) is 0 Å². The maximum atomic E-state index is 12.8. The molecular weight excluding hydrogens is 470 g/mol. The van der Waals surface area contributed by atoms with Crippen LogP contribution in [0, 0.1) is 10.1 Å². The minimum atomic E-state index is -0.838. The summed E-state index contributed by atoms with van der Waals surface area (Å²) in [5.41, 5.74) is 3.10. The number of nitro groups is 1. The first-order valence-corrected chi connectivity index (χ1v) is 11.6. The Morgan fingerprint density at radius 3 is 2.66 bits per heavy atom. The summed E-state index contributed by atoms with van der Waals surface area (Å²) in [6, 6.07) is 18.9. The number of nitrogens with zero attached hydrogens (tertiary/aromatic N) is 1. The Balaban J connectivity index is 1.43. The van der Waals surface area contributed by atoms with Crippen LogP contribution < -0.4 is 10.6 Å². The average molecular weight is 494 g/mol. The highest BCUT2D eigenvalue weighted by Crippen LogP contribution is 2.29. The number of benzene rings is 3. The maximum absolute atomic E-state index is 12.8. The topological polar surface area (TPSA) is 111 Å². The predicted octanol–water partition coefficient (Wildman–Crippen LogP) is 5.21. The Morgan fingerprint density at radius 1 is 1.09 bits per heavy atom. The number of hydrogen-bond acceptors (Lipinski definition) is 6. The van der Waals surface area contributed by atoms with E-state index < -0.39 is 23.4 Å². The van der Waals surface area contributed by atoms with Crippen LogP contribution in [-0.2, 0) is 22.5 Å².